The predicted octanol–water partition coefficient (Wildman–Crippen LogP) is 4.31. The number of hydrogen-bond donors (Lipinski definition) is 1. The Hall–Kier alpha value is -1.19. The monoisotopic (exact) mass is 321 g/mol. The fraction of sp³-hybridized carbons (Fsp3) is 0.250. The Bertz CT molecular complexity index is 525. The zero-order chi connectivity index (χ0) is 13.7. The van der Waals surface area contributed by atoms with Crippen molar-refractivity contribution in [1.82, 2.24) is 5.32 Å². The van der Waals surface area contributed by atoms with Crippen LogP contribution in [0.15, 0.2) is 53.0 Å². The lowest BCUT2D eigenvalue weighted by Crippen LogP contribution is -2.27. The van der Waals surface area contributed by atoms with Crippen LogP contribution in [-0.4, -0.2) is 6.04 Å². The second kappa shape index (κ2) is 6.83. The van der Waals surface area contributed by atoms with E-state index >= 15 is 0 Å². The summed E-state index contributed by atoms with van der Waals surface area (Å²) >= 11 is 3.43. The topological polar surface area (TPSA) is 12.0 Å². The standard InChI is InChI=1S/C16H17BrFN/c1-12(9-13-5-7-15(17)8-6-13)19-11-14-3-2-4-16(18)10-14/h2-8,10,12,19H,9,11H2,1H3. The fourth-order valence-electron chi connectivity index (χ4n) is 1.99. The first-order valence-electron chi connectivity index (χ1n) is 6.36. The smallest absolute Gasteiger partial charge is 0.123 e. The van der Waals surface area contributed by atoms with Crippen molar-refractivity contribution in [3.8, 4) is 0 Å². The Morgan fingerprint density at radius 1 is 1.11 bits per heavy atom. The van der Waals surface area contributed by atoms with E-state index < -0.39 is 0 Å². The third kappa shape index (κ3) is 4.77. The molecule has 2 aromatic carbocycles. The second-order valence-electron chi connectivity index (χ2n) is 4.74. The maximum absolute atomic E-state index is 13.0. The first-order valence-corrected chi connectivity index (χ1v) is 7.15. The molecule has 100 valence electrons. The SMILES string of the molecule is CC(Cc1ccc(Br)cc1)NCc1cccc(F)c1. The number of halogens is 2. The highest BCUT2D eigenvalue weighted by atomic mass is 79.9. The van der Waals surface area contributed by atoms with Crippen LogP contribution in [0.3, 0.4) is 0 Å². The lowest BCUT2D eigenvalue weighted by Gasteiger charge is -2.14. The highest BCUT2D eigenvalue weighted by Gasteiger charge is 2.03. The molecular weight excluding hydrogens is 305 g/mol. The molecule has 0 spiro atoms. The maximum atomic E-state index is 13.0. The Kier molecular flexibility index (Phi) is 5.11. The molecule has 1 unspecified atom stereocenters. The minimum Gasteiger partial charge on any atom is -0.310 e. The molecule has 0 saturated carbocycles. The van der Waals surface area contributed by atoms with Crippen LogP contribution in [0.5, 0.6) is 0 Å². The third-order valence-electron chi connectivity index (χ3n) is 3.00. The fourth-order valence-corrected chi connectivity index (χ4v) is 2.25. The molecule has 3 heteroatoms. The molecule has 0 aliphatic rings. The molecule has 1 nitrogen and oxygen atoms in total. The lowest BCUT2D eigenvalue weighted by atomic mass is 10.1. The van der Waals surface area contributed by atoms with Gasteiger partial charge in [0.15, 0.2) is 0 Å². The van der Waals surface area contributed by atoms with Crippen LogP contribution in [0.25, 0.3) is 0 Å². The zero-order valence-electron chi connectivity index (χ0n) is 10.9. The molecule has 1 atom stereocenters. The van der Waals surface area contributed by atoms with Gasteiger partial charge in [-0.1, -0.05) is 40.2 Å². The summed E-state index contributed by atoms with van der Waals surface area (Å²) in [7, 11) is 0. The summed E-state index contributed by atoms with van der Waals surface area (Å²) in [4.78, 5) is 0. The van der Waals surface area contributed by atoms with E-state index in [1.54, 1.807) is 12.1 Å². The number of nitrogens with one attached hydrogen (secondary N) is 1. The quantitative estimate of drug-likeness (QED) is 0.865. The van der Waals surface area contributed by atoms with Crippen molar-refractivity contribution in [2.24, 2.45) is 0 Å². The number of hydrogen-bond acceptors (Lipinski definition) is 1. The first kappa shape index (κ1) is 14.2. The van der Waals surface area contributed by atoms with Crippen LogP contribution in [0.4, 0.5) is 4.39 Å². The molecule has 2 rings (SSSR count). The van der Waals surface area contributed by atoms with E-state index in [1.165, 1.54) is 11.6 Å². The van der Waals surface area contributed by atoms with Crippen LogP contribution in [0, 0.1) is 5.82 Å². The van der Waals surface area contributed by atoms with Gasteiger partial charge in [0.1, 0.15) is 5.82 Å². The Balaban J connectivity index is 1.84. The van der Waals surface area contributed by atoms with Crippen LogP contribution in [0.1, 0.15) is 18.1 Å². The van der Waals surface area contributed by atoms with Crippen molar-refractivity contribution >= 4 is 15.9 Å². The molecule has 0 bridgehead atoms. The second-order valence-corrected chi connectivity index (χ2v) is 5.66. The Morgan fingerprint density at radius 2 is 1.84 bits per heavy atom. The molecule has 0 aliphatic carbocycles. The summed E-state index contributed by atoms with van der Waals surface area (Å²) in [5.41, 5.74) is 2.27. The highest BCUT2D eigenvalue weighted by molar-refractivity contribution is 9.10. The van der Waals surface area contributed by atoms with Gasteiger partial charge in [0.05, 0.1) is 0 Å². The molecule has 0 radical (unpaired) electrons. The van der Waals surface area contributed by atoms with Gasteiger partial charge in [0, 0.05) is 17.1 Å². The van der Waals surface area contributed by atoms with Gasteiger partial charge >= 0.3 is 0 Å². The minimum absolute atomic E-state index is 0.181. The summed E-state index contributed by atoms with van der Waals surface area (Å²) in [5.74, 6) is -0.181. The minimum atomic E-state index is -0.181. The van der Waals surface area contributed by atoms with E-state index in [0.29, 0.717) is 12.6 Å². The van der Waals surface area contributed by atoms with Gasteiger partial charge in [-0.2, -0.15) is 0 Å². The average molecular weight is 322 g/mol. The van der Waals surface area contributed by atoms with Crippen molar-refractivity contribution in [2.75, 3.05) is 0 Å². The van der Waals surface area contributed by atoms with Gasteiger partial charge in [0.2, 0.25) is 0 Å². The maximum Gasteiger partial charge on any atom is 0.123 e. The van der Waals surface area contributed by atoms with Crippen LogP contribution in [0.2, 0.25) is 0 Å². The van der Waals surface area contributed by atoms with Crippen molar-refractivity contribution in [2.45, 2.75) is 25.9 Å². The van der Waals surface area contributed by atoms with Crippen molar-refractivity contribution in [3.05, 3.63) is 69.9 Å². The van der Waals surface area contributed by atoms with Gasteiger partial charge in [0.25, 0.3) is 0 Å². The highest BCUT2D eigenvalue weighted by Crippen LogP contribution is 2.12. The summed E-state index contributed by atoms with van der Waals surface area (Å²) in [6.07, 6.45) is 0.961. The Morgan fingerprint density at radius 3 is 2.53 bits per heavy atom. The number of rotatable bonds is 5. The van der Waals surface area contributed by atoms with Crippen molar-refractivity contribution in [3.63, 3.8) is 0 Å². The van der Waals surface area contributed by atoms with E-state index in [2.05, 4.69) is 52.4 Å². The molecule has 0 aliphatic heterocycles. The molecule has 19 heavy (non-hydrogen) atoms. The average Bonchev–Trinajstić information content (AvgIpc) is 2.39. The van der Waals surface area contributed by atoms with Crippen LogP contribution < -0.4 is 5.32 Å². The third-order valence-corrected chi connectivity index (χ3v) is 3.53. The molecule has 0 heterocycles. The normalized spacial score (nSPS) is 12.4. The summed E-state index contributed by atoms with van der Waals surface area (Å²) in [5, 5.41) is 3.41. The Labute approximate surface area is 122 Å². The van der Waals surface area contributed by atoms with Gasteiger partial charge in [-0.05, 0) is 48.7 Å². The van der Waals surface area contributed by atoms with Crippen LogP contribution in [-0.2, 0) is 13.0 Å². The van der Waals surface area contributed by atoms with Gasteiger partial charge < -0.3 is 5.32 Å². The van der Waals surface area contributed by atoms with E-state index in [-0.39, 0.29) is 5.82 Å². The lowest BCUT2D eigenvalue weighted by molar-refractivity contribution is 0.542. The largest absolute Gasteiger partial charge is 0.310 e. The molecule has 0 saturated heterocycles. The van der Waals surface area contributed by atoms with E-state index in [1.807, 2.05) is 6.07 Å². The van der Waals surface area contributed by atoms with Crippen LogP contribution >= 0.6 is 15.9 Å². The van der Waals surface area contributed by atoms with Crippen molar-refractivity contribution < 1.29 is 4.39 Å². The van der Waals surface area contributed by atoms with E-state index in [0.717, 1.165) is 16.5 Å². The van der Waals surface area contributed by atoms with Gasteiger partial charge in [-0.3, -0.25) is 0 Å². The van der Waals surface area contributed by atoms with E-state index in [4.69, 9.17) is 0 Å². The molecule has 0 aromatic heterocycles. The van der Waals surface area contributed by atoms with Crippen molar-refractivity contribution in [1.29, 1.82) is 0 Å². The summed E-state index contributed by atoms with van der Waals surface area (Å²) in [6.45, 7) is 2.83. The number of benzene rings is 2. The predicted molar refractivity (Wildman–Crippen MR) is 80.5 cm³/mol. The van der Waals surface area contributed by atoms with Gasteiger partial charge in [-0.25, -0.2) is 4.39 Å². The molecule has 1 N–H and O–H groups in total. The van der Waals surface area contributed by atoms with Gasteiger partial charge in [-0.15, -0.1) is 0 Å². The molecule has 0 fully saturated rings. The molecule has 0 amide bonds. The van der Waals surface area contributed by atoms with E-state index in [9.17, 15) is 4.39 Å². The zero-order valence-corrected chi connectivity index (χ0v) is 12.5. The summed E-state index contributed by atoms with van der Waals surface area (Å²) in [6, 6.07) is 15.4. The first-order chi connectivity index (χ1) is 9.13. The molecule has 2 aromatic rings. The molecular formula is C16H17BrFN. The summed E-state index contributed by atoms with van der Waals surface area (Å²) < 4.78 is 14.1.